The Kier molecular flexibility index (Phi) is 6.37. The third-order valence-corrected chi connectivity index (χ3v) is 24.7. The van der Waals surface area contributed by atoms with Crippen molar-refractivity contribution in [2.45, 2.75) is 215 Å². The van der Waals surface area contributed by atoms with Gasteiger partial charge in [0.05, 0.1) is 44.8 Å². The van der Waals surface area contributed by atoms with Gasteiger partial charge in [-0.25, -0.2) is 0 Å². The lowest BCUT2D eigenvalue weighted by Gasteiger charge is -2.48. The van der Waals surface area contributed by atoms with Crippen LogP contribution < -0.4 is 16.4 Å². The second-order valence-corrected chi connectivity index (χ2v) is 29.7. The molecule has 0 saturated heterocycles. The number of pyridine rings is 1. The van der Waals surface area contributed by atoms with E-state index in [4.69, 9.17) is 4.98 Å². The zero-order valence-corrected chi connectivity index (χ0v) is 42.8. The van der Waals surface area contributed by atoms with Gasteiger partial charge in [-0.15, -0.1) is 0 Å². The van der Waals surface area contributed by atoms with Gasteiger partial charge in [-0.3, -0.25) is 22.9 Å². The molecular weight excluding hydrogens is 850 g/mol. The Balaban J connectivity index is 0.997. The summed E-state index contributed by atoms with van der Waals surface area (Å²) in [5.41, 5.74) is 34.4. The third kappa shape index (κ3) is 4.03. The number of rotatable bonds is 0. The third-order valence-electron chi connectivity index (χ3n) is 24.7. The predicted molar refractivity (Wildman–Crippen MR) is 283 cm³/mol. The maximum atomic E-state index is 6.31. The van der Waals surface area contributed by atoms with E-state index < -0.39 is 0 Å². The first-order valence-corrected chi connectivity index (χ1v) is 29.5. The Bertz CT molecular complexity index is 3690. The highest BCUT2D eigenvalue weighted by atomic mass is 15.2. The number of imidazole rings is 2. The van der Waals surface area contributed by atoms with E-state index in [2.05, 4.69) is 83.7 Å². The molecule has 23 rings (SSSR count). The van der Waals surface area contributed by atoms with Crippen LogP contribution >= 0.6 is 0 Å². The van der Waals surface area contributed by atoms with Gasteiger partial charge < -0.3 is 0 Å². The molecule has 6 heteroatoms. The molecular formula is C64H70BN5. The molecule has 2 aliphatic heterocycles. The number of nitrogens with zero attached hydrogens (tertiary/aromatic N) is 5. The molecule has 16 aliphatic rings. The first-order valence-electron chi connectivity index (χ1n) is 29.5. The molecule has 70 heavy (non-hydrogen) atoms. The number of hydrogen-bond donors (Lipinski definition) is 0. The van der Waals surface area contributed by atoms with Crippen molar-refractivity contribution in [2.75, 3.05) is 0 Å². The molecule has 11 bridgehead atoms. The van der Waals surface area contributed by atoms with Crippen molar-refractivity contribution in [3.8, 4) is 11.4 Å². The molecule has 0 amide bonds. The minimum absolute atomic E-state index is 0.155. The van der Waals surface area contributed by atoms with Gasteiger partial charge in [-0.2, -0.15) is 0 Å². The maximum Gasteiger partial charge on any atom is 0.257 e. The summed E-state index contributed by atoms with van der Waals surface area (Å²) in [4.78, 5) is 6.31. The summed E-state index contributed by atoms with van der Waals surface area (Å²) in [5.74, 6) is 9.35. The van der Waals surface area contributed by atoms with Crippen LogP contribution in [-0.2, 0) is 10.8 Å². The van der Waals surface area contributed by atoms with Crippen molar-refractivity contribution in [2.24, 2.45) is 29.1 Å². The average molecular weight is 920 g/mol. The molecule has 354 valence electrons. The van der Waals surface area contributed by atoms with Gasteiger partial charge in [0.2, 0.25) is 0 Å². The average Bonchev–Trinajstić information content (AvgIpc) is 4.16. The first kappa shape index (κ1) is 38.4. The highest BCUT2D eigenvalue weighted by Gasteiger charge is 2.66. The monoisotopic (exact) mass is 920 g/mol. The van der Waals surface area contributed by atoms with Gasteiger partial charge >= 0.3 is 0 Å². The van der Waals surface area contributed by atoms with Crippen molar-refractivity contribution >= 4 is 56.5 Å². The normalized spacial score (nSPS) is 36.6. The van der Waals surface area contributed by atoms with Crippen LogP contribution in [0.25, 0.3) is 44.7 Å². The van der Waals surface area contributed by atoms with Gasteiger partial charge in [-0.1, -0.05) is 41.5 Å². The summed E-state index contributed by atoms with van der Waals surface area (Å²) < 4.78 is 11.9. The zero-order chi connectivity index (χ0) is 45.7. The standard InChI is InChI=1S/C64H70BN5/c1-62(2,3)58-56-53-57(59(66-58)63(4,5)6)70-48-26-44-38-21-40-22-39-20-37(27-64(39,40)28-38)43(44)25-46(48)68-55-34-13-9-32(10-14-34)50(55)52(61(68)70)65(53)51-49-31-7-11-33(12-8-31)54(49)67-45-23-41-35-16-29-15-30(17-35)19-36(18-29)42(41)24-47(45)69(56)60(51)67/h23-26,29-40H,7-22,27-28H2,1-6H3. The van der Waals surface area contributed by atoms with Crippen LogP contribution in [0, 0.1) is 29.1 Å². The minimum Gasteiger partial charge on any atom is -0.298 e. The second kappa shape index (κ2) is 11.6. The van der Waals surface area contributed by atoms with E-state index in [0.717, 1.165) is 41.4 Å². The summed E-state index contributed by atoms with van der Waals surface area (Å²) in [6, 6.07) is 11.4. The Labute approximate surface area is 413 Å². The van der Waals surface area contributed by atoms with Crippen LogP contribution in [0.1, 0.15) is 261 Å². The minimum atomic E-state index is -0.155. The highest BCUT2D eigenvalue weighted by molar-refractivity contribution is 7.00. The highest BCUT2D eigenvalue weighted by Crippen LogP contribution is 2.76. The topological polar surface area (TPSA) is 31.6 Å². The van der Waals surface area contributed by atoms with Crippen molar-refractivity contribution < 1.29 is 0 Å². The van der Waals surface area contributed by atoms with Crippen LogP contribution in [-0.4, -0.2) is 29.6 Å². The zero-order valence-electron chi connectivity index (χ0n) is 42.8. The lowest BCUT2D eigenvalue weighted by atomic mass is 9.32. The van der Waals surface area contributed by atoms with E-state index >= 15 is 0 Å². The van der Waals surface area contributed by atoms with E-state index in [0.29, 0.717) is 35.0 Å². The van der Waals surface area contributed by atoms with E-state index in [-0.39, 0.29) is 17.5 Å². The Morgan fingerprint density at radius 3 is 1.31 bits per heavy atom. The van der Waals surface area contributed by atoms with Crippen LogP contribution in [0.4, 0.5) is 0 Å². The molecule has 1 spiro atoms. The van der Waals surface area contributed by atoms with E-state index in [9.17, 15) is 0 Å². The lowest BCUT2D eigenvalue weighted by molar-refractivity contribution is 0.00322. The Morgan fingerprint density at radius 1 is 0.457 bits per heavy atom. The molecule has 0 N–H and O–H groups in total. The van der Waals surface area contributed by atoms with Gasteiger partial charge in [0, 0.05) is 22.2 Å². The second-order valence-electron chi connectivity index (χ2n) is 29.7. The molecule has 7 atom stereocenters. The summed E-state index contributed by atoms with van der Waals surface area (Å²) in [6.07, 6.45) is 25.4. The Hall–Kier alpha value is -4.19. The van der Waals surface area contributed by atoms with Crippen molar-refractivity contribution in [1.29, 1.82) is 0 Å². The molecule has 5 aromatic heterocycles. The van der Waals surface area contributed by atoms with Crippen LogP contribution in [0.15, 0.2) is 24.3 Å². The SMILES string of the molecule is CC(C)(C)c1nc(C(C)(C)C)c2c3c1-n1c4cc5c(cc4n4c6c(c(c14)B3c1c3c(n4c7cc8c(cc7n-2c14)C1CC2CC4CC8CC24C1)C1CCC3CC1)C1CCC6CC1)C1CC2CC(CC5C2)C1. The number of fused-ring (bicyclic) bond motifs is 19. The van der Waals surface area contributed by atoms with Gasteiger partial charge in [-0.05, 0) is 266 Å². The fraction of sp³-hybridized carbons (Fsp3) is 0.609. The maximum absolute atomic E-state index is 6.31. The van der Waals surface area contributed by atoms with Crippen LogP contribution in [0.2, 0.25) is 0 Å². The van der Waals surface area contributed by atoms with Crippen LogP contribution in [0.5, 0.6) is 0 Å². The van der Waals surface area contributed by atoms with E-state index in [1.165, 1.54) is 155 Å². The molecule has 0 radical (unpaired) electrons. The molecule has 7 saturated carbocycles. The molecule has 7 heterocycles. The number of hydrogen-bond acceptors (Lipinski definition) is 1. The lowest BCUT2D eigenvalue weighted by Crippen LogP contribution is -2.62. The van der Waals surface area contributed by atoms with Gasteiger partial charge in [0.1, 0.15) is 11.3 Å². The predicted octanol–water partition coefficient (Wildman–Crippen LogP) is 13.5. The van der Waals surface area contributed by atoms with Crippen molar-refractivity contribution in [3.05, 3.63) is 80.4 Å². The quantitative estimate of drug-likeness (QED) is 0.139. The van der Waals surface area contributed by atoms with Gasteiger partial charge in [0.15, 0.2) is 0 Å². The fourth-order valence-electron chi connectivity index (χ4n) is 22.5. The van der Waals surface area contributed by atoms with E-state index in [1.807, 2.05) is 11.1 Å². The molecule has 14 aliphatic carbocycles. The smallest absolute Gasteiger partial charge is 0.257 e. The van der Waals surface area contributed by atoms with Crippen molar-refractivity contribution in [3.63, 3.8) is 0 Å². The summed E-state index contributed by atoms with van der Waals surface area (Å²) in [5, 5.41) is 0. The van der Waals surface area contributed by atoms with Crippen molar-refractivity contribution in [1.82, 2.24) is 22.9 Å². The van der Waals surface area contributed by atoms with Crippen LogP contribution in [0.3, 0.4) is 0 Å². The molecule has 7 unspecified atom stereocenters. The van der Waals surface area contributed by atoms with E-state index in [1.54, 1.807) is 66.8 Å². The first-order chi connectivity index (χ1) is 33.9. The summed E-state index contributed by atoms with van der Waals surface area (Å²) in [6.45, 7) is 15.2. The molecule has 5 nitrogen and oxygen atoms in total. The molecule has 7 aromatic rings. The molecule has 2 aromatic carbocycles. The number of aromatic nitrogens is 5. The van der Waals surface area contributed by atoms with Gasteiger partial charge in [0.25, 0.3) is 6.71 Å². The molecule has 7 fully saturated rings. The fourth-order valence-corrected chi connectivity index (χ4v) is 22.5. The largest absolute Gasteiger partial charge is 0.298 e. The Morgan fingerprint density at radius 2 is 0.871 bits per heavy atom. The summed E-state index contributed by atoms with van der Waals surface area (Å²) >= 11 is 0. The summed E-state index contributed by atoms with van der Waals surface area (Å²) in [7, 11) is 0. The number of benzene rings is 2.